The zero-order valence-electron chi connectivity index (χ0n) is 13.1. The Balaban J connectivity index is 1.60. The smallest absolute Gasteiger partial charge is 0.118 e. The summed E-state index contributed by atoms with van der Waals surface area (Å²) in [6, 6.07) is 7.70. The highest BCUT2D eigenvalue weighted by molar-refractivity contribution is 7.10. The monoisotopic (exact) mass is 304 g/mol. The molecule has 0 radical (unpaired) electrons. The average molecular weight is 304 g/mol. The SMILES string of the molecule is Cc1oc(CNC2CC2)cc1CN(C)C(C)c1cccs1. The van der Waals surface area contributed by atoms with Crippen LogP contribution < -0.4 is 5.32 Å². The van der Waals surface area contributed by atoms with Gasteiger partial charge in [-0.3, -0.25) is 4.90 Å². The van der Waals surface area contributed by atoms with Gasteiger partial charge in [0.25, 0.3) is 0 Å². The van der Waals surface area contributed by atoms with Gasteiger partial charge in [-0.25, -0.2) is 0 Å². The minimum Gasteiger partial charge on any atom is -0.465 e. The van der Waals surface area contributed by atoms with Crippen LogP contribution in [0.1, 0.15) is 47.8 Å². The molecule has 0 bridgehead atoms. The third-order valence-electron chi connectivity index (χ3n) is 4.25. The van der Waals surface area contributed by atoms with Crippen LogP contribution in [-0.2, 0) is 13.1 Å². The molecule has 3 nitrogen and oxygen atoms in total. The third-order valence-corrected chi connectivity index (χ3v) is 5.29. The first-order valence-electron chi connectivity index (χ1n) is 7.68. The molecule has 1 aliphatic rings. The van der Waals surface area contributed by atoms with Gasteiger partial charge in [-0.05, 0) is 51.2 Å². The average Bonchev–Trinajstić information content (AvgIpc) is 3.00. The standard InChI is InChI=1S/C17H24N2OS/c1-12(17-5-4-8-21-17)19(3)11-14-9-16(20-13(14)2)10-18-15-6-7-15/h4-5,8-9,12,15,18H,6-7,10-11H2,1-3H3. The van der Waals surface area contributed by atoms with Gasteiger partial charge in [0.05, 0.1) is 6.54 Å². The van der Waals surface area contributed by atoms with Crippen molar-refractivity contribution in [3.05, 3.63) is 45.5 Å². The van der Waals surface area contributed by atoms with E-state index in [1.165, 1.54) is 23.3 Å². The zero-order valence-corrected chi connectivity index (χ0v) is 13.9. The van der Waals surface area contributed by atoms with E-state index >= 15 is 0 Å². The van der Waals surface area contributed by atoms with Crippen LogP contribution in [0.15, 0.2) is 28.0 Å². The lowest BCUT2D eigenvalue weighted by molar-refractivity contribution is 0.255. The van der Waals surface area contributed by atoms with E-state index in [9.17, 15) is 0 Å². The Bertz CT molecular complexity index is 572. The van der Waals surface area contributed by atoms with Gasteiger partial charge in [-0.1, -0.05) is 6.07 Å². The molecule has 1 N–H and O–H groups in total. The van der Waals surface area contributed by atoms with Crippen molar-refractivity contribution < 1.29 is 4.42 Å². The molecule has 0 saturated heterocycles. The summed E-state index contributed by atoms with van der Waals surface area (Å²) < 4.78 is 5.88. The van der Waals surface area contributed by atoms with Gasteiger partial charge in [0.15, 0.2) is 0 Å². The van der Waals surface area contributed by atoms with Gasteiger partial charge >= 0.3 is 0 Å². The van der Waals surface area contributed by atoms with Gasteiger partial charge in [0.1, 0.15) is 11.5 Å². The molecule has 114 valence electrons. The predicted molar refractivity (Wildman–Crippen MR) is 87.5 cm³/mol. The molecule has 1 atom stereocenters. The van der Waals surface area contributed by atoms with Crippen molar-refractivity contribution in [3.8, 4) is 0 Å². The Morgan fingerprint density at radius 2 is 2.29 bits per heavy atom. The van der Waals surface area contributed by atoms with Crippen molar-refractivity contribution in [1.82, 2.24) is 10.2 Å². The quantitative estimate of drug-likeness (QED) is 0.835. The molecule has 4 heteroatoms. The fourth-order valence-electron chi connectivity index (χ4n) is 2.52. The van der Waals surface area contributed by atoms with E-state index in [0.717, 1.165) is 30.7 Å². The lowest BCUT2D eigenvalue weighted by atomic mass is 10.2. The largest absolute Gasteiger partial charge is 0.465 e. The van der Waals surface area contributed by atoms with Crippen molar-refractivity contribution in [2.45, 2.75) is 51.9 Å². The van der Waals surface area contributed by atoms with E-state index in [1.807, 2.05) is 11.3 Å². The summed E-state index contributed by atoms with van der Waals surface area (Å²) in [5.74, 6) is 2.11. The summed E-state index contributed by atoms with van der Waals surface area (Å²) in [5, 5.41) is 5.65. The highest BCUT2D eigenvalue weighted by atomic mass is 32.1. The van der Waals surface area contributed by atoms with Crippen LogP contribution >= 0.6 is 11.3 Å². The molecule has 0 amide bonds. The van der Waals surface area contributed by atoms with E-state index in [0.29, 0.717) is 6.04 Å². The summed E-state index contributed by atoms with van der Waals surface area (Å²) in [6.45, 7) is 6.12. The van der Waals surface area contributed by atoms with E-state index in [2.05, 4.69) is 54.7 Å². The number of hydrogen-bond donors (Lipinski definition) is 1. The molecule has 1 unspecified atom stereocenters. The second kappa shape index (κ2) is 6.34. The molecular formula is C17H24N2OS. The number of nitrogens with zero attached hydrogens (tertiary/aromatic N) is 1. The first-order valence-corrected chi connectivity index (χ1v) is 8.56. The van der Waals surface area contributed by atoms with Crippen LogP contribution in [0, 0.1) is 6.92 Å². The van der Waals surface area contributed by atoms with Crippen molar-refractivity contribution >= 4 is 11.3 Å². The molecule has 2 heterocycles. The first-order chi connectivity index (χ1) is 10.1. The van der Waals surface area contributed by atoms with Crippen LogP contribution in [-0.4, -0.2) is 18.0 Å². The fourth-order valence-corrected chi connectivity index (χ4v) is 3.36. The second-order valence-electron chi connectivity index (χ2n) is 6.06. The van der Waals surface area contributed by atoms with Gasteiger partial charge in [-0.2, -0.15) is 0 Å². The summed E-state index contributed by atoms with van der Waals surface area (Å²) in [5.41, 5.74) is 1.30. The van der Waals surface area contributed by atoms with Crippen LogP contribution in [0.25, 0.3) is 0 Å². The Labute approximate surface area is 131 Å². The highest BCUT2D eigenvalue weighted by Gasteiger charge is 2.21. The molecular weight excluding hydrogens is 280 g/mol. The molecule has 1 fully saturated rings. The van der Waals surface area contributed by atoms with E-state index < -0.39 is 0 Å². The van der Waals surface area contributed by atoms with Crippen molar-refractivity contribution in [3.63, 3.8) is 0 Å². The molecule has 3 rings (SSSR count). The van der Waals surface area contributed by atoms with E-state index in [-0.39, 0.29) is 0 Å². The lowest BCUT2D eigenvalue weighted by Crippen LogP contribution is -2.21. The maximum Gasteiger partial charge on any atom is 0.118 e. The van der Waals surface area contributed by atoms with Gasteiger partial charge in [0, 0.05) is 29.1 Å². The van der Waals surface area contributed by atoms with Crippen molar-refractivity contribution in [1.29, 1.82) is 0 Å². The second-order valence-corrected chi connectivity index (χ2v) is 7.04. The normalized spacial score (nSPS) is 16.6. The lowest BCUT2D eigenvalue weighted by Gasteiger charge is -2.23. The minimum absolute atomic E-state index is 0.437. The molecule has 1 saturated carbocycles. The Hall–Kier alpha value is -1.10. The molecule has 2 aromatic heterocycles. The number of rotatable bonds is 7. The van der Waals surface area contributed by atoms with Crippen molar-refractivity contribution in [2.24, 2.45) is 0 Å². The Kier molecular flexibility index (Phi) is 4.48. The fraction of sp³-hybridized carbons (Fsp3) is 0.529. The van der Waals surface area contributed by atoms with Crippen LogP contribution in [0.2, 0.25) is 0 Å². The van der Waals surface area contributed by atoms with Gasteiger partial charge < -0.3 is 9.73 Å². The minimum atomic E-state index is 0.437. The van der Waals surface area contributed by atoms with Crippen LogP contribution in [0.4, 0.5) is 0 Å². The zero-order chi connectivity index (χ0) is 14.8. The van der Waals surface area contributed by atoms with E-state index in [1.54, 1.807) is 0 Å². The molecule has 2 aromatic rings. The number of nitrogens with one attached hydrogen (secondary N) is 1. The molecule has 0 aliphatic heterocycles. The Morgan fingerprint density at radius 1 is 1.48 bits per heavy atom. The van der Waals surface area contributed by atoms with Crippen LogP contribution in [0.5, 0.6) is 0 Å². The molecule has 21 heavy (non-hydrogen) atoms. The molecule has 0 spiro atoms. The Morgan fingerprint density at radius 3 is 2.95 bits per heavy atom. The van der Waals surface area contributed by atoms with Crippen LogP contribution in [0.3, 0.4) is 0 Å². The number of furan rings is 1. The summed E-state index contributed by atoms with van der Waals surface area (Å²) in [4.78, 5) is 3.79. The number of hydrogen-bond acceptors (Lipinski definition) is 4. The molecule has 0 aromatic carbocycles. The third kappa shape index (κ3) is 3.76. The number of thiophene rings is 1. The topological polar surface area (TPSA) is 28.4 Å². The van der Waals surface area contributed by atoms with E-state index in [4.69, 9.17) is 4.42 Å². The molecule has 1 aliphatic carbocycles. The maximum absolute atomic E-state index is 5.88. The van der Waals surface area contributed by atoms with Gasteiger partial charge in [-0.15, -0.1) is 11.3 Å². The predicted octanol–water partition coefficient (Wildman–Crippen LogP) is 4.09. The summed E-state index contributed by atoms with van der Waals surface area (Å²) in [7, 11) is 2.18. The summed E-state index contributed by atoms with van der Waals surface area (Å²) in [6.07, 6.45) is 2.63. The first kappa shape index (κ1) is 14.8. The van der Waals surface area contributed by atoms with Crippen molar-refractivity contribution in [2.75, 3.05) is 7.05 Å². The maximum atomic E-state index is 5.88. The van der Waals surface area contributed by atoms with Gasteiger partial charge in [0.2, 0.25) is 0 Å². The highest BCUT2D eigenvalue weighted by Crippen LogP contribution is 2.26. The number of aryl methyl sites for hydroxylation is 1. The summed E-state index contributed by atoms with van der Waals surface area (Å²) >= 11 is 1.82.